The quantitative estimate of drug-likeness (QED) is 0.731. The van der Waals surface area contributed by atoms with E-state index in [0.29, 0.717) is 5.92 Å². The van der Waals surface area contributed by atoms with Crippen molar-refractivity contribution in [3.8, 4) is 5.82 Å². The van der Waals surface area contributed by atoms with Crippen LogP contribution in [0.5, 0.6) is 0 Å². The van der Waals surface area contributed by atoms with Crippen molar-refractivity contribution in [2.24, 2.45) is 0 Å². The van der Waals surface area contributed by atoms with E-state index in [1.807, 2.05) is 28.3 Å². The maximum absolute atomic E-state index is 4.82. The molecule has 3 aromatic rings. The fourth-order valence-corrected chi connectivity index (χ4v) is 4.25. The zero-order valence-electron chi connectivity index (χ0n) is 13.8. The molecule has 124 valence electrons. The van der Waals surface area contributed by atoms with Gasteiger partial charge < -0.3 is 0 Å². The third kappa shape index (κ3) is 3.39. The second-order valence-corrected chi connectivity index (χ2v) is 7.73. The SMILES string of the molecule is Cc1ccc(CN2CCCC(c3cncc(-n4ccnc4)n3)C2)s1. The number of aromatic nitrogens is 4. The molecule has 0 bridgehead atoms. The molecule has 5 nitrogen and oxygen atoms in total. The number of aryl methyl sites for hydroxylation is 1. The van der Waals surface area contributed by atoms with Gasteiger partial charge in [-0.3, -0.25) is 14.5 Å². The van der Waals surface area contributed by atoms with Gasteiger partial charge in [-0.25, -0.2) is 9.97 Å². The van der Waals surface area contributed by atoms with Crippen molar-refractivity contribution >= 4 is 11.3 Å². The molecule has 4 rings (SSSR count). The van der Waals surface area contributed by atoms with Crippen LogP contribution < -0.4 is 0 Å². The molecule has 1 aliphatic heterocycles. The Hall–Kier alpha value is -2.05. The molecule has 1 atom stereocenters. The van der Waals surface area contributed by atoms with Gasteiger partial charge in [-0.05, 0) is 38.4 Å². The lowest BCUT2D eigenvalue weighted by Gasteiger charge is -2.32. The second-order valence-electron chi connectivity index (χ2n) is 6.36. The molecule has 0 spiro atoms. The highest BCUT2D eigenvalue weighted by molar-refractivity contribution is 7.11. The van der Waals surface area contributed by atoms with Crippen molar-refractivity contribution in [2.45, 2.75) is 32.2 Å². The molecule has 0 amide bonds. The van der Waals surface area contributed by atoms with Crippen LogP contribution >= 0.6 is 11.3 Å². The molecule has 1 aliphatic rings. The van der Waals surface area contributed by atoms with E-state index in [2.05, 4.69) is 33.9 Å². The van der Waals surface area contributed by atoms with Crippen molar-refractivity contribution in [3.05, 3.63) is 58.7 Å². The summed E-state index contributed by atoms with van der Waals surface area (Å²) in [5.41, 5.74) is 1.09. The maximum Gasteiger partial charge on any atom is 0.156 e. The van der Waals surface area contributed by atoms with Gasteiger partial charge in [-0.1, -0.05) is 0 Å². The minimum atomic E-state index is 0.454. The molecule has 0 aliphatic carbocycles. The van der Waals surface area contributed by atoms with Gasteiger partial charge >= 0.3 is 0 Å². The highest BCUT2D eigenvalue weighted by atomic mass is 32.1. The van der Waals surface area contributed by atoms with E-state index in [0.717, 1.165) is 24.6 Å². The smallest absolute Gasteiger partial charge is 0.156 e. The first-order chi connectivity index (χ1) is 11.8. The summed E-state index contributed by atoms with van der Waals surface area (Å²) in [5, 5.41) is 0. The van der Waals surface area contributed by atoms with Gasteiger partial charge in [0.15, 0.2) is 5.82 Å². The average molecular weight is 339 g/mol. The summed E-state index contributed by atoms with van der Waals surface area (Å²) in [7, 11) is 0. The Morgan fingerprint density at radius 1 is 1.25 bits per heavy atom. The van der Waals surface area contributed by atoms with Gasteiger partial charge in [0.1, 0.15) is 6.33 Å². The fraction of sp³-hybridized carbons (Fsp3) is 0.389. The minimum Gasteiger partial charge on any atom is -0.298 e. The topological polar surface area (TPSA) is 46.8 Å². The lowest BCUT2D eigenvalue weighted by Crippen LogP contribution is -2.34. The summed E-state index contributed by atoms with van der Waals surface area (Å²) >= 11 is 1.90. The Kier molecular flexibility index (Phi) is 4.40. The number of likely N-dealkylation sites (tertiary alicyclic amines) is 1. The summed E-state index contributed by atoms with van der Waals surface area (Å²) in [6.07, 6.45) is 11.5. The van der Waals surface area contributed by atoms with E-state index in [4.69, 9.17) is 4.98 Å². The number of imidazole rings is 1. The second kappa shape index (κ2) is 6.83. The fourth-order valence-electron chi connectivity index (χ4n) is 3.32. The Bertz CT molecular complexity index is 795. The summed E-state index contributed by atoms with van der Waals surface area (Å²) < 4.78 is 1.91. The van der Waals surface area contributed by atoms with Crippen LogP contribution in [-0.2, 0) is 6.54 Å². The normalized spacial score (nSPS) is 18.8. The zero-order chi connectivity index (χ0) is 16.4. The highest BCUT2D eigenvalue weighted by Gasteiger charge is 2.23. The molecular formula is C18H21N5S. The molecule has 3 aromatic heterocycles. The van der Waals surface area contributed by atoms with Gasteiger partial charge in [-0.15, -0.1) is 11.3 Å². The molecule has 0 radical (unpaired) electrons. The van der Waals surface area contributed by atoms with Gasteiger partial charge in [0, 0.05) is 47.4 Å². The van der Waals surface area contributed by atoms with Crippen molar-refractivity contribution < 1.29 is 0 Å². The standard InChI is InChI=1S/C18H21N5S/c1-14-4-5-16(24-14)12-22-7-2-3-15(11-22)17-9-20-10-18(21-17)23-8-6-19-13-23/h4-6,8-10,13,15H,2-3,7,11-12H2,1H3. The summed E-state index contributed by atoms with van der Waals surface area (Å²) in [5.74, 6) is 1.30. The first kappa shape index (κ1) is 15.5. The Labute approximate surface area is 146 Å². The number of thiophene rings is 1. The van der Waals surface area contributed by atoms with E-state index in [-0.39, 0.29) is 0 Å². The molecule has 1 unspecified atom stereocenters. The monoisotopic (exact) mass is 339 g/mol. The Morgan fingerprint density at radius 3 is 3.00 bits per heavy atom. The molecule has 0 N–H and O–H groups in total. The molecule has 1 saturated heterocycles. The summed E-state index contributed by atoms with van der Waals surface area (Å²) in [4.78, 5) is 18.7. The van der Waals surface area contributed by atoms with Crippen molar-refractivity contribution in [2.75, 3.05) is 13.1 Å². The number of rotatable bonds is 4. The Balaban J connectivity index is 1.48. The molecule has 1 fully saturated rings. The molecule has 0 saturated carbocycles. The molecule has 6 heteroatoms. The van der Waals surface area contributed by atoms with E-state index in [1.165, 1.54) is 29.1 Å². The van der Waals surface area contributed by atoms with Crippen molar-refractivity contribution in [1.29, 1.82) is 0 Å². The third-order valence-corrected chi connectivity index (χ3v) is 5.49. The van der Waals surface area contributed by atoms with Gasteiger partial charge in [0.25, 0.3) is 0 Å². The minimum absolute atomic E-state index is 0.454. The Morgan fingerprint density at radius 2 is 2.21 bits per heavy atom. The van der Waals surface area contributed by atoms with Crippen LogP contribution in [0.15, 0.2) is 43.2 Å². The van der Waals surface area contributed by atoms with Crippen LogP contribution in [0.2, 0.25) is 0 Å². The maximum atomic E-state index is 4.82. The number of nitrogens with zero attached hydrogens (tertiary/aromatic N) is 5. The lowest BCUT2D eigenvalue weighted by atomic mass is 9.95. The van der Waals surface area contributed by atoms with E-state index in [1.54, 1.807) is 18.7 Å². The van der Waals surface area contributed by atoms with Crippen molar-refractivity contribution in [3.63, 3.8) is 0 Å². The van der Waals surface area contributed by atoms with Gasteiger partial charge in [0.2, 0.25) is 0 Å². The predicted molar refractivity (Wildman–Crippen MR) is 95.5 cm³/mol. The van der Waals surface area contributed by atoms with Gasteiger partial charge in [0.05, 0.1) is 11.9 Å². The molecule has 24 heavy (non-hydrogen) atoms. The number of hydrogen-bond donors (Lipinski definition) is 0. The average Bonchev–Trinajstić information content (AvgIpc) is 3.27. The highest BCUT2D eigenvalue weighted by Crippen LogP contribution is 2.27. The summed E-state index contributed by atoms with van der Waals surface area (Å²) in [6.45, 7) is 5.44. The molecule has 4 heterocycles. The molecule has 0 aromatic carbocycles. The van der Waals surface area contributed by atoms with Crippen LogP contribution in [0.25, 0.3) is 5.82 Å². The number of piperidine rings is 1. The first-order valence-corrected chi connectivity index (χ1v) is 9.17. The summed E-state index contributed by atoms with van der Waals surface area (Å²) in [6, 6.07) is 4.46. The van der Waals surface area contributed by atoms with Crippen LogP contribution in [-0.4, -0.2) is 37.5 Å². The van der Waals surface area contributed by atoms with Crippen LogP contribution in [0.4, 0.5) is 0 Å². The van der Waals surface area contributed by atoms with Crippen molar-refractivity contribution in [1.82, 2.24) is 24.4 Å². The van der Waals surface area contributed by atoms with E-state index < -0.39 is 0 Å². The lowest BCUT2D eigenvalue weighted by molar-refractivity contribution is 0.200. The van der Waals surface area contributed by atoms with E-state index in [9.17, 15) is 0 Å². The van der Waals surface area contributed by atoms with Crippen LogP contribution in [0.3, 0.4) is 0 Å². The number of hydrogen-bond acceptors (Lipinski definition) is 5. The van der Waals surface area contributed by atoms with Crippen LogP contribution in [0.1, 0.15) is 34.2 Å². The first-order valence-electron chi connectivity index (χ1n) is 8.36. The van der Waals surface area contributed by atoms with Crippen LogP contribution in [0, 0.1) is 6.92 Å². The van der Waals surface area contributed by atoms with Gasteiger partial charge in [-0.2, -0.15) is 0 Å². The zero-order valence-corrected chi connectivity index (χ0v) is 14.6. The largest absolute Gasteiger partial charge is 0.298 e. The molecular weight excluding hydrogens is 318 g/mol. The predicted octanol–water partition coefficient (Wildman–Crippen LogP) is 3.41. The van der Waals surface area contributed by atoms with E-state index >= 15 is 0 Å². The third-order valence-electron chi connectivity index (χ3n) is 4.51.